The van der Waals surface area contributed by atoms with Crippen molar-refractivity contribution >= 4 is 18.2 Å². The fourth-order valence-corrected chi connectivity index (χ4v) is 8.39. The number of nitrogens with zero attached hydrogens (tertiary/aromatic N) is 1. The van der Waals surface area contributed by atoms with Crippen LogP contribution >= 0.6 is 0 Å². The minimum atomic E-state index is -0.491. The first-order valence-electron chi connectivity index (χ1n) is 27.7. The van der Waals surface area contributed by atoms with Gasteiger partial charge in [-0.1, -0.05) is 188 Å². The van der Waals surface area contributed by atoms with Crippen LogP contribution in [0.25, 0.3) is 0 Å². The molecule has 0 aliphatic heterocycles. The highest BCUT2D eigenvalue weighted by molar-refractivity contribution is 5.69. The van der Waals surface area contributed by atoms with Gasteiger partial charge in [-0.05, 0) is 111 Å². The first-order valence-corrected chi connectivity index (χ1v) is 27.7. The van der Waals surface area contributed by atoms with E-state index in [9.17, 15) is 14.4 Å². The number of nitrogens with one attached hydrogen (secondary N) is 1. The van der Waals surface area contributed by atoms with E-state index in [-0.39, 0.29) is 18.2 Å². The Hall–Kier alpha value is -2.03. The van der Waals surface area contributed by atoms with Crippen molar-refractivity contribution in [2.24, 2.45) is 5.92 Å². The molecule has 0 fully saturated rings. The third kappa shape index (κ3) is 45.1. The number of hydrogen-bond donors (Lipinski definition) is 1. The summed E-state index contributed by atoms with van der Waals surface area (Å²) in [5.41, 5.74) is -0.491. The van der Waals surface area contributed by atoms with E-state index in [0.717, 1.165) is 90.3 Å². The van der Waals surface area contributed by atoms with Crippen LogP contribution in [0.4, 0.5) is 9.59 Å². The third-order valence-electron chi connectivity index (χ3n) is 12.6. The lowest BCUT2D eigenvalue weighted by molar-refractivity contribution is -0.145. The topological polar surface area (TPSA) is 103 Å². The largest absolute Gasteiger partial charge is 0.508 e. The molecular weight excluding hydrogens is 801 g/mol. The molecule has 0 saturated carbocycles. The van der Waals surface area contributed by atoms with Gasteiger partial charge >= 0.3 is 18.2 Å². The Morgan fingerprint density at radius 3 is 1.45 bits per heavy atom. The van der Waals surface area contributed by atoms with Crippen molar-refractivity contribution < 1.29 is 33.3 Å². The lowest BCUT2D eigenvalue weighted by Crippen LogP contribution is -2.35. The Morgan fingerprint density at radius 1 is 0.500 bits per heavy atom. The highest BCUT2D eigenvalue weighted by Gasteiger charge is 2.17. The normalized spacial score (nSPS) is 12.6. The number of carbonyl (C=O) groups excluding carboxylic acids is 3. The second-order valence-electron chi connectivity index (χ2n) is 20.1. The summed E-state index contributed by atoms with van der Waals surface area (Å²) >= 11 is 0. The molecular formula is C55H108N2O7. The van der Waals surface area contributed by atoms with Crippen molar-refractivity contribution in [3.63, 3.8) is 0 Å². The summed E-state index contributed by atoms with van der Waals surface area (Å²) in [6.07, 6.45) is 41.1. The molecule has 380 valence electrons. The average molecular weight is 909 g/mol. The molecule has 0 saturated heterocycles. The van der Waals surface area contributed by atoms with Crippen LogP contribution in [0.2, 0.25) is 0 Å². The van der Waals surface area contributed by atoms with Crippen LogP contribution in [0.3, 0.4) is 0 Å². The molecule has 64 heavy (non-hydrogen) atoms. The molecule has 9 heteroatoms. The number of alkyl carbamates (subject to hydrolysis) is 1. The van der Waals surface area contributed by atoms with Gasteiger partial charge in [-0.15, -0.1) is 0 Å². The zero-order valence-corrected chi connectivity index (χ0v) is 43.7. The third-order valence-corrected chi connectivity index (χ3v) is 12.6. The van der Waals surface area contributed by atoms with E-state index in [1.165, 1.54) is 154 Å². The highest BCUT2D eigenvalue weighted by Crippen LogP contribution is 2.19. The number of esters is 1. The minimum absolute atomic E-state index is 0.0111. The summed E-state index contributed by atoms with van der Waals surface area (Å²) in [5, 5.41) is 2.92. The second-order valence-corrected chi connectivity index (χ2v) is 20.1. The van der Waals surface area contributed by atoms with E-state index in [1.54, 1.807) is 0 Å². The first-order chi connectivity index (χ1) is 31.0. The lowest BCUT2D eigenvalue weighted by Gasteiger charge is -2.23. The van der Waals surface area contributed by atoms with Crippen LogP contribution in [0.15, 0.2) is 0 Å². The quantitative estimate of drug-likeness (QED) is 0.0366. The van der Waals surface area contributed by atoms with Gasteiger partial charge in [0.15, 0.2) is 0 Å². The first kappa shape index (κ1) is 62.0. The van der Waals surface area contributed by atoms with Crippen LogP contribution in [-0.4, -0.2) is 74.2 Å². The molecule has 0 aromatic rings. The molecule has 1 amide bonds. The zero-order chi connectivity index (χ0) is 47.2. The van der Waals surface area contributed by atoms with Crippen molar-refractivity contribution in [3.8, 4) is 0 Å². The van der Waals surface area contributed by atoms with E-state index in [1.807, 2.05) is 20.8 Å². The number of carbonyl (C=O) groups is 3. The fraction of sp³-hybridized carbons (Fsp3) is 0.945. The predicted octanol–water partition coefficient (Wildman–Crippen LogP) is 16.6. The van der Waals surface area contributed by atoms with Gasteiger partial charge < -0.3 is 29.2 Å². The van der Waals surface area contributed by atoms with Gasteiger partial charge in [-0.3, -0.25) is 4.79 Å². The van der Waals surface area contributed by atoms with Crippen molar-refractivity contribution in [1.29, 1.82) is 0 Å². The molecule has 0 radical (unpaired) electrons. The van der Waals surface area contributed by atoms with Crippen LogP contribution in [-0.2, 0) is 23.7 Å². The molecule has 0 heterocycles. The molecule has 2 unspecified atom stereocenters. The van der Waals surface area contributed by atoms with Gasteiger partial charge in [-0.2, -0.15) is 0 Å². The molecule has 0 spiro atoms. The van der Waals surface area contributed by atoms with E-state index in [2.05, 4.69) is 37.9 Å². The monoisotopic (exact) mass is 909 g/mol. The molecule has 0 aliphatic carbocycles. The molecule has 0 rings (SSSR count). The predicted molar refractivity (Wildman–Crippen MR) is 270 cm³/mol. The Kier molecular flexibility index (Phi) is 44.6. The van der Waals surface area contributed by atoms with Crippen molar-refractivity contribution in [2.75, 3.05) is 39.4 Å². The van der Waals surface area contributed by atoms with Crippen molar-refractivity contribution in [1.82, 2.24) is 10.2 Å². The Labute approximate surface area is 397 Å². The number of hydrogen-bond acceptors (Lipinski definition) is 8. The molecule has 0 aromatic carbocycles. The van der Waals surface area contributed by atoms with Crippen LogP contribution in [0.1, 0.15) is 280 Å². The van der Waals surface area contributed by atoms with Gasteiger partial charge in [0.1, 0.15) is 11.7 Å². The van der Waals surface area contributed by atoms with E-state index < -0.39 is 11.8 Å². The summed E-state index contributed by atoms with van der Waals surface area (Å²) < 4.78 is 22.4. The molecule has 0 aliphatic rings. The van der Waals surface area contributed by atoms with Gasteiger partial charge in [0, 0.05) is 13.0 Å². The Bertz CT molecular complexity index is 1030. The SMILES string of the molecule is CCCCCCCCCCCC(CCCCCC)OC(=O)OCCCCCCCCN(CCCCCCCCCC(=O)OCC(CC)CCCCCC)CCCNC(=O)OC(C)(C)C. The number of rotatable bonds is 47. The van der Waals surface area contributed by atoms with Crippen molar-refractivity contribution in [3.05, 3.63) is 0 Å². The smallest absolute Gasteiger partial charge is 0.465 e. The summed E-state index contributed by atoms with van der Waals surface area (Å²) in [6.45, 7) is 19.4. The summed E-state index contributed by atoms with van der Waals surface area (Å²) in [7, 11) is 0. The van der Waals surface area contributed by atoms with E-state index in [0.29, 0.717) is 32.1 Å². The van der Waals surface area contributed by atoms with Gasteiger partial charge in [-0.25, -0.2) is 9.59 Å². The standard InChI is InChI=1S/C55H108N2O7/c1-8-12-15-18-19-20-22-27-34-42-51(41-33-17-14-10-3)63-54(60)61-48-38-31-26-25-30-37-46-57(47-39-44-56-53(59)64-55(5,6)7)45-36-29-24-21-23-28-35-43-52(58)62-49-50(11-4)40-32-16-13-9-2/h50-51H,8-49H2,1-7H3,(H,56,59). The second kappa shape index (κ2) is 46.1. The van der Waals surface area contributed by atoms with E-state index >= 15 is 0 Å². The molecule has 0 bridgehead atoms. The maximum Gasteiger partial charge on any atom is 0.508 e. The minimum Gasteiger partial charge on any atom is -0.465 e. The van der Waals surface area contributed by atoms with Crippen molar-refractivity contribution in [2.45, 2.75) is 291 Å². The molecule has 2 atom stereocenters. The van der Waals surface area contributed by atoms with Crippen LogP contribution in [0.5, 0.6) is 0 Å². The van der Waals surface area contributed by atoms with Gasteiger partial charge in [0.05, 0.1) is 13.2 Å². The lowest BCUT2D eigenvalue weighted by atomic mass is 9.99. The molecule has 1 N–H and O–H groups in total. The summed E-state index contributed by atoms with van der Waals surface area (Å²) in [4.78, 5) is 39.6. The van der Waals surface area contributed by atoms with Gasteiger partial charge in [0.2, 0.25) is 0 Å². The highest BCUT2D eigenvalue weighted by atomic mass is 16.7. The zero-order valence-electron chi connectivity index (χ0n) is 43.7. The number of unbranched alkanes of at least 4 members (excludes halogenated alkanes) is 25. The average Bonchev–Trinajstić information content (AvgIpc) is 3.26. The van der Waals surface area contributed by atoms with Crippen LogP contribution < -0.4 is 5.32 Å². The van der Waals surface area contributed by atoms with Gasteiger partial charge in [0.25, 0.3) is 0 Å². The Balaban J connectivity index is 4.38. The Morgan fingerprint density at radius 2 is 0.938 bits per heavy atom. The molecule has 9 nitrogen and oxygen atoms in total. The van der Waals surface area contributed by atoms with Crippen LogP contribution in [0, 0.1) is 5.92 Å². The summed E-state index contributed by atoms with van der Waals surface area (Å²) in [5.74, 6) is 0.489. The number of amides is 1. The number of ether oxygens (including phenoxy) is 4. The fourth-order valence-electron chi connectivity index (χ4n) is 8.39. The molecule has 0 aromatic heterocycles. The maximum absolute atomic E-state index is 12.6. The maximum atomic E-state index is 12.6. The van der Waals surface area contributed by atoms with E-state index in [4.69, 9.17) is 18.9 Å². The summed E-state index contributed by atoms with van der Waals surface area (Å²) in [6, 6.07) is 0.